The fourth-order valence-electron chi connectivity index (χ4n) is 1.44. The maximum Gasteiger partial charge on any atom is 0.0736 e. The maximum absolute atomic E-state index is 5.80. The molecule has 80 valence electrons. The summed E-state index contributed by atoms with van der Waals surface area (Å²) in [5.41, 5.74) is 5.72. The van der Waals surface area contributed by atoms with E-state index in [-0.39, 0.29) is 11.6 Å². The number of likely N-dealkylation sites (N-methyl/N-ethyl adjacent to an activating group) is 1. The highest BCUT2D eigenvalue weighted by atomic mass is 16.5. The second-order valence-corrected chi connectivity index (χ2v) is 4.14. The average Bonchev–Trinajstić information content (AvgIpc) is 2.13. The molecule has 2 unspecified atom stereocenters. The van der Waals surface area contributed by atoms with Crippen molar-refractivity contribution in [2.45, 2.75) is 45.4 Å². The minimum atomic E-state index is -0.0804. The topological polar surface area (TPSA) is 38.5 Å². The summed E-state index contributed by atoms with van der Waals surface area (Å²) < 4.78 is 5.36. The van der Waals surface area contributed by atoms with Crippen molar-refractivity contribution >= 4 is 0 Å². The van der Waals surface area contributed by atoms with Crippen LogP contribution in [0.2, 0.25) is 0 Å². The number of hydrogen-bond acceptors (Lipinski definition) is 3. The second-order valence-electron chi connectivity index (χ2n) is 4.14. The molecule has 0 rings (SSSR count). The lowest BCUT2D eigenvalue weighted by atomic mass is 9.92. The molecular weight excluding hydrogens is 164 g/mol. The van der Waals surface area contributed by atoms with Crippen molar-refractivity contribution in [2.75, 3.05) is 20.7 Å². The van der Waals surface area contributed by atoms with Crippen molar-refractivity contribution in [3.63, 3.8) is 0 Å². The first kappa shape index (κ1) is 12.9. The molecule has 0 radical (unpaired) electrons. The first-order valence-electron chi connectivity index (χ1n) is 4.86. The second kappa shape index (κ2) is 4.94. The molecule has 0 aliphatic carbocycles. The fourth-order valence-corrected chi connectivity index (χ4v) is 1.44. The van der Waals surface area contributed by atoms with E-state index in [1.54, 1.807) is 7.11 Å². The van der Waals surface area contributed by atoms with Crippen LogP contribution in [0.4, 0.5) is 0 Å². The summed E-state index contributed by atoms with van der Waals surface area (Å²) in [4.78, 5) is 2.27. The number of methoxy groups -OCH3 is 1. The van der Waals surface area contributed by atoms with E-state index in [4.69, 9.17) is 10.5 Å². The Morgan fingerprint density at radius 2 is 1.85 bits per heavy atom. The van der Waals surface area contributed by atoms with Gasteiger partial charge in [0.2, 0.25) is 0 Å². The number of nitrogens with two attached hydrogens (primary N) is 1. The molecule has 0 saturated carbocycles. The summed E-state index contributed by atoms with van der Waals surface area (Å²) in [6.07, 6.45) is 0.143. The van der Waals surface area contributed by atoms with E-state index in [1.807, 2.05) is 0 Å². The van der Waals surface area contributed by atoms with Gasteiger partial charge in [-0.2, -0.15) is 0 Å². The molecule has 0 aliphatic heterocycles. The lowest BCUT2D eigenvalue weighted by Crippen LogP contribution is -2.59. The van der Waals surface area contributed by atoms with E-state index < -0.39 is 0 Å². The molecule has 2 atom stereocenters. The van der Waals surface area contributed by atoms with Crippen LogP contribution < -0.4 is 5.73 Å². The standard InChI is InChI=1S/C10H24N2O/c1-8(2)12(5)10(4,7-11)9(3)13-6/h8-9H,7,11H2,1-6H3. The van der Waals surface area contributed by atoms with Crippen LogP contribution in [0.5, 0.6) is 0 Å². The summed E-state index contributed by atoms with van der Waals surface area (Å²) >= 11 is 0. The molecule has 0 bridgehead atoms. The Bertz CT molecular complexity index is 150. The third kappa shape index (κ3) is 2.66. The van der Waals surface area contributed by atoms with Crippen molar-refractivity contribution in [3.05, 3.63) is 0 Å². The molecule has 2 N–H and O–H groups in total. The van der Waals surface area contributed by atoms with Gasteiger partial charge in [-0.25, -0.2) is 0 Å². The zero-order chi connectivity index (χ0) is 10.6. The van der Waals surface area contributed by atoms with Crippen LogP contribution in [0, 0.1) is 0 Å². The lowest BCUT2D eigenvalue weighted by Gasteiger charge is -2.44. The Morgan fingerprint density at radius 3 is 2.08 bits per heavy atom. The lowest BCUT2D eigenvalue weighted by molar-refractivity contribution is -0.0318. The SMILES string of the molecule is COC(C)C(C)(CN)N(C)C(C)C. The number of rotatable bonds is 5. The van der Waals surface area contributed by atoms with Crippen LogP contribution >= 0.6 is 0 Å². The Balaban J connectivity index is 4.61. The fraction of sp³-hybridized carbons (Fsp3) is 1.00. The molecular formula is C10H24N2O. The first-order valence-corrected chi connectivity index (χ1v) is 4.86. The molecule has 0 aromatic heterocycles. The largest absolute Gasteiger partial charge is 0.380 e. The molecule has 0 aromatic carbocycles. The van der Waals surface area contributed by atoms with Crippen LogP contribution in [0.1, 0.15) is 27.7 Å². The van der Waals surface area contributed by atoms with Crippen LogP contribution in [0.25, 0.3) is 0 Å². The van der Waals surface area contributed by atoms with E-state index in [0.717, 1.165) is 0 Å². The Hall–Kier alpha value is -0.120. The molecule has 0 aliphatic rings. The van der Waals surface area contributed by atoms with Crippen LogP contribution in [0.15, 0.2) is 0 Å². The minimum Gasteiger partial charge on any atom is -0.380 e. The summed E-state index contributed by atoms with van der Waals surface area (Å²) in [6, 6.07) is 0.478. The summed E-state index contributed by atoms with van der Waals surface area (Å²) in [6.45, 7) is 9.14. The third-order valence-corrected chi connectivity index (χ3v) is 3.22. The van der Waals surface area contributed by atoms with Gasteiger partial charge < -0.3 is 10.5 Å². The highest BCUT2D eigenvalue weighted by Crippen LogP contribution is 2.21. The molecule has 0 amide bonds. The summed E-state index contributed by atoms with van der Waals surface area (Å²) in [5, 5.41) is 0. The Labute approximate surface area is 82.2 Å². The van der Waals surface area contributed by atoms with Gasteiger partial charge in [0.05, 0.1) is 11.6 Å². The summed E-state index contributed by atoms with van der Waals surface area (Å²) in [5.74, 6) is 0. The van der Waals surface area contributed by atoms with E-state index in [9.17, 15) is 0 Å². The molecule has 0 spiro atoms. The van der Waals surface area contributed by atoms with Crippen molar-refractivity contribution in [1.29, 1.82) is 0 Å². The normalized spacial score (nSPS) is 19.2. The number of hydrogen-bond donors (Lipinski definition) is 1. The molecule has 0 fully saturated rings. The molecule has 0 heterocycles. The van der Waals surface area contributed by atoms with Crippen molar-refractivity contribution in [1.82, 2.24) is 4.90 Å². The predicted molar refractivity (Wildman–Crippen MR) is 56.8 cm³/mol. The van der Waals surface area contributed by atoms with Crippen molar-refractivity contribution < 1.29 is 4.74 Å². The van der Waals surface area contributed by atoms with Gasteiger partial charge in [-0.1, -0.05) is 0 Å². The average molecular weight is 188 g/mol. The van der Waals surface area contributed by atoms with Crippen LogP contribution in [-0.2, 0) is 4.74 Å². The molecule has 0 aromatic rings. The third-order valence-electron chi connectivity index (χ3n) is 3.22. The first-order chi connectivity index (χ1) is 5.90. The Morgan fingerprint density at radius 1 is 1.38 bits per heavy atom. The van der Waals surface area contributed by atoms with Gasteiger partial charge in [-0.15, -0.1) is 0 Å². The summed E-state index contributed by atoms with van der Waals surface area (Å²) in [7, 11) is 3.82. The maximum atomic E-state index is 5.80. The zero-order valence-corrected chi connectivity index (χ0v) is 9.79. The van der Waals surface area contributed by atoms with E-state index in [0.29, 0.717) is 12.6 Å². The molecule has 13 heavy (non-hydrogen) atoms. The highest BCUT2D eigenvalue weighted by Gasteiger charge is 2.35. The van der Waals surface area contributed by atoms with Gasteiger partial charge in [-0.3, -0.25) is 4.90 Å². The van der Waals surface area contributed by atoms with Gasteiger partial charge in [-0.05, 0) is 34.7 Å². The smallest absolute Gasteiger partial charge is 0.0736 e. The molecule has 3 nitrogen and oxygen atoms in total. The van der Waals surface area contributed by atoms with Gasteiger partial charge in [0, 0.05) is 19.7 Å². The molecule has 0 saturated heterocycles. The monoisotopic (exact) mass is 188 g/mol. The van der Waals surface area contributed by atoms with E-state index in [1.165, 1.54) is 0 Å². The van der Waals surface area contributed by atoms with E-state index in [2.05, 4.69) is 39.6 Å². The zero-order valence-electron chi connectivity index (χ0n) is 9.79. The van der Waals surface area contributed by atoms with Gasteiger partial charge >= 0.3 is 0 Å². The predicted octanol–water partition coefficient (Wildman–Crippen LogP) is 1.08. The van der Waals surface area contributed by atoms with E-state index >= 15 is 0 Å². The molecule has 3 heteroatoms. The van der Waals surface area contributed by atoms with Gasteiger partial charge in [0.15, 0.2) is 0 Å². The van der Waals surface area contributed by atoms with Crippen molar-refractivity contribution in [2.24, 2.45) is 5.73 Å². The van der Waals surface area contributed by atoms with Crippen LogP contribution in [-0.4, -0.2) is 43.3 Å². The van der Waals surface area contributed by atoms with Gasteiger partial charge in [0.25, 0.3) is 0 Å². The highest BCUT2D eigenvalue weighted by molar-refractivity contribution is 4.92. The van der Waals surface area contributed by atoms with Gasteiger partial charge in [0.1, 0.15) is 0 Å². The minimum absolute atomic E-state index is 0.0804. The van der Waals surface area contributed by atoms with Crippen LogP contribution in [0.3, 0.4) is 0 Å². The number of ether oxygens (including phenoxy) is 1. The Kier molecular flexibility index (Phi) is 4.89. The number of nitrogens with zero attached hydrogens (tertiary/aromatic N) is 1. The van der Waals surface area contributed by atoms with Crippen molar-refractivity contribution in [3.8, 4) is 0 Å². The quantitative estimate of drug-likeness (QED) is 0.701.